The monoisotopic (exact) mass is 418 g/mol. The standard InChI is InChI=1S/C24H23FN4O2/c1-27-12-18(11-26-27)16-6-7-17(21(25)10-16)13-28-22-5-3-2-4-20(22)24(23(28)30)8-9-29(24)19-14-31-15-19/h2-7,10-12,19H,8-9,13-15H2,1H3. The van der Waals surface area contributed by atoms with Gasteiger partial charge < -0.3 is 9.64 Å². The predicted molar refractivity (Wildman–Crippen MR) is 114 cm³/mol. The summed E-state index contributed by atoms with van der Waals surface area (Å²) in [7, 11) is 1.83. The molecule has 0 saturated carbocycles. The highest BCUT2D eigenvalue weighted by Gasteiger charge is 2.61. The molecule has 2 aromatic carbocycles. The number of aryl methyl sites for hydroxylation is 1. The van der Waals surface area contributed by atoms with Gasteiger partial charge in [-0.25, -0.2) is 4.39 Å². The van der Waals surface area contributed by atoms with E-state index in [1.54, 1.807) is 21.8 Å². The number of fused-ring (bicyclic) bond motifs is 2. The van der Waals surface area contributed by atoms with Crippen LogP contribution < -0.4 is 4.90 Å². The summed E-state index contributed by atoms with van der Waals surface area (Å²) in [6, 6.07) is 13.4. The molecule has 6 rings (SSSR count). The van der Waals surface area contributed by atoms with Gasteiger partial charge in [0.2, 0.25) is 0 Å². The van der Waals surface area contributed by atoms with Crippen molar-refractivity contribution >= 4 is 11.6 Å². The Morgan fingerprint density at radius 3 is 2.68 bits per heavy atom. The summed E-state index contributed by atoms with van der Waals surface area (Å²) in [5.41, 5.74) is 3.43. The van der Waals surface area contributed by atoms with Gasteiger partial charge >= 0.3 is 0 Å². The molecular formula is C24H23FN4O2. The van der Waals surface area contributed by atoms with Gasteiger partial charge in [-0.3, -0.25) is 14.4 Å². The van der Waals surface area contributed by atoms with Crippen LogP contribution in [-0.2, 0) is 28.7 Å². The van der Waals surface area contributed by atoms with Gasteiger partial charge in [0.1, 0.15) is 11.4 Å². The average Bonchev–Trinajstić information content (AvgIpc) is 3.26. The topological polar surface area (TPSA) is 50.6 Å². The molecule has 1 atom stereocenters. The first-order valence-corrected chi connectivity index (χ1v) is 10.6. The molecule has 1 spiro atoms. The summed E-state index contributed by atoms with van der Waals surface area (Å²) in [4.78, 5) is 17.8. The number of anilines is 1. The lowest BCUT2D eigenvalue weighted by Crippen LogP contribution is -2.69. The number of benzene rings is 2. The number of carbonyl (C=O) groups is 1. The van der Waals surface area contributed by atoms with Crippen LogP contribution in [0.15, 0.2) is 54.9 Å². The van der Waals surface area contributed by atoms with Crippen LogP contribution in [0.5, 0.6) is 0 Å². The Labute approximate surface area is 179 Å². The fourth-order valence-corrected chi connectivity index (χ4v) is 5.14. The van der Waals surface area contributed by atoms with Crippen LogP contribution in [0.3, 0.4) is 0 Å². The van der Waals surface area contributed by atoms with Crippen molar-refractivity contribution in [2.75, 3.05) is 24.7 Å². The van der Waals surface area contributed by atoms with E-state index in [1.165, 1.54) is 6.07 Å². The van der Waals surface area contributed by atoms with E-state index in [4.69, 9.17) is 4.74 Å². The molecule has 158 valence electrons. The summed E-state index contributed by atoms with van der Waals surface area (Å²) in [6.45, 7) is 2.44. The Morgan fingerprint density at radius 2 is 2.03 bits per heavy atom. The van der Waals surface area contributed by atoms with E-state index in [0.717, 1.165) is 35.3 Å². The normalized spacial score (nSPS) is 23.2. The number of amides is 1. The number of hydrogen-bond donors (Lipinski definition) is 0. The highest BCUT2D eigenvalue weighted by atomic mass is 19.1. The fourth-order valence-electron chi connectivity index (χ4n) is 5.14. The molecule has 7 heteroatoms. The third-order valence-electron chi connectivity index (χ3n) is 6.93. The number of para-hydroxylation sites is 1. The molecule has 1 aromatic heterocycles. The van der Waals surface area contributed by atoms with Gasteiger partial charge in [-0.1, -0.05) is 30.3 Å². The summed E-state index contributed by atoms with van der Waals surface area (Å²) >= 11 is 0. The van der Waals surface area contributed by atoms with Crippen molar-refractivity contribution in [2.45, 2.75) is 24.5 Å². The van der Waals surface area contributed by atoms with Gasteiger partial charge in [-0.15, -0.1) is 0 Å². The Balaban J connectivity index is 1.33. The number of halogens is 1. The molecule has 2 saturated heterocycles. The highest BCUT2D eigenvalue weighted by Crippen LogP contribution is 2.53. The van der Waals surface area contributed by atoms with E-state index in [-0.39, 0.29) is 24.3 Å². The minimum absolute atomic E-state index is 0.0441. The Morgan fingerprint density at radius 1 is 1.19 bits per heavy atom. The van der Waals surface area contributed by atoms with Crippen molar-refractivity contribution in [3.05, 3.63) is 71.8 Å². The van der Waals surface area contributed by atoms with E-state index in [2.05, 4.69) is 10.00 Å². The van der Waals surface area contributed by atoms with Crippen molar-refractivity contribution in [3.8, 4) is 11.1 Å². The predicted octanol–water partition coefficient (Wildman–Crippen LogP) is 3.07. The second-order valence-electron chi connectivity index (χ2n) is 8.61. The van der Waals surface area contributed by atoms with Gasteiger partial charge in [-0.05, 0) is 24.1 Å². The van der Waals surface area contributed by atoms with Gasteiger partial charge in [0.05, 0.1) is 32.0 Å². The zero-order valence-electron chi connectivity index (χ0n) is 17.3. The number of carbonyl (C=O) groups excluding carboxylic acids is 1. The second-order valence-corrected chi connectivity index (χ2v) is 8.61. The molecule has 31 heavy (non-hydrogen) atoms. The highest BCUT2D eigenvalue weighted by molar-refractivity contribution is 6.08. The van der Waals surface area contributed by atoms with Gasteiger partial charge in [-0.2, -0.15) is 5.10 Å². The number of rotatable bonds is 4. The van der Waals surface area contributed by atoms with Gasteiger partial charge in [0.25, 0.3) is 5.91 Å². The number of aromatic nitrogens is 2. The maximum absolute atomic E-state index is 15.1. The first kappa shape index (κ1) is 18.7. The van der Waals surface area contributed by atoms with Crippen LogP contribution >= 0.6 is 0 Å². The zero-order valence-corrected chi connectivity index (χ0v) is 17.3. The van der Waals surface area contributed by atoms with Crippen LogP contribution in [0.4, 0.5) is 10.1 Å². The van der Waals surface area contributed by atoms with Crippen LogP contribution in [0.25, 0.3) is 11.1 Å². The van der Waals surface area contributed by atoms with Crippen molar-refractivity contribution in [1.29, 1.82) is 0 Å². The molecule has 6 nitrogen and oxygen atoms in total. The van der Waals surface area contributed by atoms with Crippen LogP contribution in [0.2, 0.25) is 0 Å². The van der Waals surface area contributed by atoms with Crippen LogP contribution in [-0.4, -0.2) is 46.4 Å². The zero-order chi connectivity index (χ0) is 21.2. The van der Waals surface area contributed by atoms with Crippen LogP contribution in [0.1, 0.15) is 17.5 Å². The summed E-state index contributed by atoms with van der Waals surface area (Å²) < 4.78 is 22.1. The lowest BCUT2D eigenvalue weighted by Gasteiger charge is -2.55. The maximum Gasteiger partial charge on any atom is 0.252 e. The molecule has 3 aliphatic rings. The van der Waals surface area contributed by atoms with Crippen molar-refractivity contribution in [1.82, 2.24) is 14.7 Å². The van der Waals surface area contributed by atoms with E-state index < -0.39 is 5.54 Å². The lowest BCUT2D eigenvalue weighted by molar-refractivity contribution is -0.167. The minimum atomic E-state index is -0.628. The molecular weight excluding hydrogens is 395 g/mol. The molecule has 1 amide bonds. The molecule has 3 aromatic rings. The van der Waals surface area contributed by atoms with Crippen molar-refractivity contribution in [3.63, 3.8) is 0 Å². The summed E-state index contributed by atoms with van der Waals surface area (Å²) in [5, 5.41) is 4.16. The molecule has 0 radical (unpaired) electrons. The quantitative estimate of drug-likeness (QED) is 0.654. The SMILES string of the molecule is Cn1cc(-c2ccc(CN3C(=O)C4(CCN4C4COC4)c4ccccc43)c(F)c2)cn1. The summed E-state index contributed by atoms with van der Waals surface area (Å²) in [5.74, 6) is -0.270. The van der Waals surface area contributed by atoms with E-state index in [0.29, 0.717) is 18.8 Å². The third kappa shape index (κ3) is 2.63. The minimum Gasteiger partial charge on any atom is -0.378 e. The van der Waals surface area contributed by atoms with Crippen LogP contribution in [0, 0.1) is 5.82 Å². The molecule has 3 aliphatic heterocycles. The van der Waals surface area contributed by atoms with Gasteiger partial charge in [0, 0.05) is 42.2 Å². The van der Waals surface area contributed by atoms with Crippen molar-refractivity contribution < 1.29 is 13.9 Å². The molecule has 0 N–H and O–H groups in total. The van der Waals surface area contributed by atoms with E-state index in [9.17, 15) is 4.79 Å². The maximum atomic E-state index is 15.1. The Bertz CT molecular complexity index is 1190. The average molecular weight is 418 g/mol. The van der Waals surface area contributed by atoms with E-state index in [1.807, 2.05) is 43.6 Å². The molecule has 1 unspecified atom stereocenters. The number of hydrogen-bond acceptors (Lipinski definition) is 4. The summed E-state index contributed by atoms with van der Waals surface area (Å²) in [6.07, 6.45) is 4.36. The fraction of sp³-hybridized carbons (Fsp3) is 0.333. The third-order valence-corrected chi connectivity index (χ3v) is 6.93. The largest absolute Gasteiger partial charge is 0.378 e. The van der Waals surface area contributed by atoms with Crippen molar-refractivity contribution in [2.24, 2.45) is 7.05 Å². The van der Waals surface area contributed by atoms with Gasteiger partial charge in [0.15, 0.2) is 0 Å². The Kier molecular flexibility index (Phi) is 4.07. The first-order chi connectivity index (χ1) is 15.1. The number of nitrogens with zero attached hydrogens (tertiary/aromatic N) is 4. The first-order valence-electron chi connectivity index (χ1n) is 10.6. The number of ether oxygens (including phenoxy) is 1. The molecule has 4 heterocycles. The lowest BCUT2D eigenvalue weighted by atomic mass is 9.77. The smallest absolute Gasteiger partial charge is 0.252 e. The number of likely N-dealkylation sites (tertiary alicyclic amines) is 1. The molecule has 2 fully saturated rings. The molecule has 0 aliphatic carbocycles. The Hall–Kier alpha value is -3.03. The van der Waals surface area contributed by atoms with E-state index >= 15 is 4.39 Å². The second kappa shape index (κ2) is 6.73. The molecule has 0 bridgehead atoms.